The largest absolute Gasteiger partial charge is 0.315 e. The fraction of sp³-hybridized carbons (Fsp3) is 0.455. The molecule has 0 aromatic carbocycles. The van der Waals surface area contributed by atoms with Crippen molar-refractivity contribution in [2.75, 3.05) is 13.1 Å². The molecule has 0 spiro atoms. The van der Waals surface area contributed by atoms with E-state index in [-0.39, 0.29) is 0 Å². The molecule has 1 atom stereocenters. The van der Waals surface area contributed by atoms with Crippen LogP contribution < -0.4 is 5.32 Å². The third-order valence-corrected chi connectivity index (χ3v) is 2.75. The van der Waals surface area contributed by atoms with Gasteiger partial charge in [0.2, 0.25) is 0 Å². The second kappa shape index (κ2) is 3.77. The predicted molar refractivity (Wildman–Crippen MR) is 53.6 cm³/mol. The summed E-state index contributed by atoms with van der Waals surface area (Å²) in [6, 6.07) is 8.17. The summed E-state index contributed by atoms with van der Waals surface area (Å²) >= 11 is 0. The summed E-state index contributed by atoms with van der Waals surface area (Å²) in [5.74, 6) is 0. The number of nitrogens with zero attached hydrogens (tertiary/aromatic N) is 2. The number of hydrogen-bond donors (Lipinski definition) is 1. The summed E-state index contributed by atoms with van der Waals surface area (Å²) in [5, 5.41) is 12.5. The maximum Gasteiger partial charge on any atom is 0.112 e. The van der Waals surface area contributed by atoms with Crippen molar-refractivity contribution in [1.82, 2.24) is 10.3 Å². The summed E-state index contributed by atoms with van der Waals surface area (Å²) in [5.41, 5.74) is 0.495. The predicted octanol–water partition coefficient (Wildman–Crippen LogP) is 1.23. The van der Waals surface area contributed by atoms with Crippen LogP contribution in [-0.2, 0) is 5.41 Å². The van der Waals surface area contributed by atoms with E-state index in [0.29, 0.717) is 0 Å². The Hall–Kier alpha value is -1.40. The van der Waals surface area contributed by atoms with Gasteiger partial charge in [-0.3, -0.25) is 4.98 Å². The Labute approximate surface area is 83.8 Å². The van der Waals surface area contributed by atoms with Gasteiger partial charge in [0.25, 0.3) is 0 Å². The Kier molecular flexibility index (Phi) is 2.47. The molecule has 3 heteroatoms. The van der Waals surface area contributed by atoms with Crippen molar-refractivity contribution in [3.05, 3.63) is 30.1 Å². The maximum absolute atomic E-state index is 9.26. The van der Waals surface area contributed by atoms with Crippen molar-refractivity contribution < 1.29 is 0 Å². The van der Waals surface area contributed by atoms with Crippen molar-refractivity contribution in [3.8, 4) is 6.07 Å². The van der Waals surface area contributed by atoms with Crippen LogP contribution in [0.4, 0.5) is 0 Å². The van der Waals surface area contributed by atoms with Gasteiger partial charge in [0, 0.05) is 12.7 Å². The molecule has 1 aliphatic heterocycles. The highest BCUT2D eigenvalue weighted by atomic mass is 14.9. The molecule has 14 heavy (non-hydrogen) atoms. The van der Waals surface area contributed by atoms with Gasteiger partial charge < -0.3 is 5.32 Å². The Balaban J connectivity index is 2.33. The highest BCUT2D eigenvalue weighted by Crippen LogP contribution is 2.28. The Morgan fingerprint density at radius 2 is 2.43 bits per heavy atom. The van der Waals surface area contributed by atoms with E-state index in [2.05, 4.69) is 16.4 Å². The molecule has 1 aromatic heterocycles. The minimum absolute atomic E-state index is 0.403. The second-order valence-corrected chi connectivity index (χ2v) is 3.69. The van der Waals surface area contributed by atoms with Gasteiger partial charge >= 0.3 is 0 Å². The van der Waals surface area contributed by atoms with Gasteiger partial charge in [0.15, 0.2) is 0 Å². The zero-order valence-corrected chi connectivity index (χ0v) is 8.03. The van der Waals surface area contributed by atoms with Crippen molar-refractivity contribution in [2.24, 2.45) is 0 Å². The molecule has 0 amide bonds. The number of aromatic nitrogens is 1. The molecular formula is C11H13N3. The molecule has 1 N–H and O–H groups in total. The SMILES string of the molecule is N#C[C@]1(c2ccccn2)CCCNC1. The summed E-state index contributed by atoms with van der Waals surface area (Å²) in [7, 11) is 0. The summed E-state index contributed by atoms with van der Waals surface area (Å²) < 4.78 is 0. The molecule has 3 nitrogen and oxygen atoms in total. The van der Waals surface area contributed by atoms with Crippen LogP contribution >= 0.6 is 0 Å². The lowest BCUT2D eigenvalue weighted by Gasteiger charge is -2.30. The average Bonchev–Trinajstić information content (AvgIpc) is 2.31. The molecule has 0 unspecified atom stereocenters. The third kappa shape index (κ3) is 1.49. The van der Waals surface area contributed by atoms with Gasteiger partial charge in [0.1, 0.15) is 5.41 Å². The number of nitriles is 1. The molecule has 1 fully saturated rings. The van der Waals surface area contributed by atoms with E-state index in [1.165, 1.54) is 0 Å². The summed E-state index contributed by atoms with van der Waals surface area (Å²) in [4.78, 5) is 4.28. The smallest absolute Gasteiger partial charge is 0.112 e. The third-order valence-electron chi connectivity index (χ3n) is 2.75. The lowest BCUT2D eigenvalue weighted by molar-refractivity contribution is 0.378. The van der Waals surface area contributed by atoms with Crippen LogP contribution in [0.3, 0.4) is 0 Å². The lowest BCUT2D eigenvalue weighted by atomic mass is 9.79. The van der Waals surface area contributed by atoms with Crippen LogP contribution in [0.5, 0.6) is 0 Å². The van der Waals surface area contributed by atoms with Crippen molar-refractivity contribution in [1.29, 1.82) is 5.26 Å². The first-order valence-corrected chi connectivity index (χ1v) is 4.91. The molecule has 72 valence electrons. The number of hydrogen-bond acceptors (Lipinski definition) is 3. The minimum atomic E-state index is -0.403. The van der Waals surface area contributed by atoms with Gasteiger partial charge in [-0.15, -0.1) is 0 Å². The monoisotopic (exact) mass is 187 g/mol. The Bertz CT molecular complexity index is 333. The van der Waals surface area contributed by atoms with Crippen LogP contribution in [0.15, 0.2) is 24.4 Å². The number of nitrogens with one attached hydrogen (secondary N) is 1. The van der Waals surface area contributed by atoms with Gasteiger partial charge in [-0.05, 0) is 31.5 Å². The maximum atomic E-state index is 9.26. The van der Waals surface area contributed by atoms with E-state index in [4.69, 9.17) is 0 Å². The van der Waals surface area contributed by atoms with Crippen LogP contribution in [0.2, 0.25) is 0 Å². The molecule has 1 aromatic rings. The molecule has 1 aliphatic rings. The normalized spacial score (nSPS) is 26.8. The van der Waals surface area contributed by atoms with E-state index in [1.807, 2.05) is 18.2 Å². The van der Waals surface area contributed by atoms with Crippen molar-refractivity contribution in [2.45, 2.75) is 18.3 Å². The Morgan fingerprint density at radius 3 is 3.00 bits per heavy atom. The number of piperidine rings is 1. The van der Waals surface area contributed by atoms with E-state index in [9.17, 15) is 5.26 Å². The molecule has 0 saturated carbocycles. The van der Waals surface area contributed by atoms with E-state index < -0.39 is 5.41 Å². The lowest BCUT2D eigenvalue weighted by Crippen LogP contribution is -2.42. The van der Waals surface area contributed by atoms with Crippen LogP contribution in [-0.4, -0.2) is 18.1 Å². The quantitative estimate of drug-likeness (QED) is 0.719. The van der Waals surface area contributed by atoms with E-state index >= 15 is 0 Å². The highest BCUT2D eigenvalue weighted by molar-refractivity contribution is 5.27. The Morgan fingerprint density at radius 1 is 1.50 bits per heavy atom. The second-order valence-electron chi connectivity index (χ2n) is 3.69. The first-order valence-electron chi connectivity index (χ1n) is 4.91. The molecule has 1 saturated heterocycles. The highest BCUT2D eigenvalue weighted by Gasteiger charge is 2.35. The fourth-order valence-corrected chi connectivity index (χ4v) is 1.92. The van der Waals surface area contributed by atoms with E-state index in [1.54, 1.807) is 6.20 Å². The van der Waals surface area contributed by atoms with Gasteiger partial charge in [0.05, 0.1) is 11.8 Å². The van der Waals surface area contributed by atoms with Gasteiger partial charge in [-0.2, -0.15) is 5.26 Å². The molecular weight excluding hydrogens is 174 g/mol. The molecule has 2 rings (SSSR count). The summed E-state index contributed by atoms with van der Waals surface area (Å²) in [6.07, 6.45) is 3.71. The molecule has 0 bridgehead atoms. The number of rotatable bonds is 1. The number of pyridine rings is 1. The van der Waals surface area contributed by atoms with Crippen molar-refractivity contribution >= 4 is 0 Å². The zero-order valence-electron chi connectivity index (χ0n) is 8.03. The molecule has 2 heterocycles. The first-order chi connectivity index (χ1) is 6.87. The molecule has 0 radical (unpaired) electrons. The van der Waals surface area contributed by atoms with Crippen LogP contribution in [0, 0.1) is 11.3 Å². The molecule has 0 aliphatic carbocycles. The van der Waals surface area contributed by atoms with Crippen LogP contribution in [0.1, 0.15) is 18.5 Å². The summed E-state index contributed by atoms with van der Waals surface area (Å²) in [6.45, 7) is 1.73. The minimum Gasteiger partial charge on any atom is -0.315 e. The zero-order chi connectivity index (χ0) is 9.86. The van der Waals surface area contributed by atoms with Gasteiger partial charge in [-0.25, -0.2) is 0 Å². The first kappa shape index (κ1) is 9.17. The standard InChI is InChI=1S/C11H13N3/c12-8-11(5-3-6-13-9-11)10-4-1-2-7-14-10/h1-2,4,7,13H,3,5-6,9H2/t11-/m1/s1. The fourth-order valence-electron chi connectivity index (χ4n) is 1.92. The average molecular weight is 187 g/mol. The van der Waals surface area contributed by atoms with Crippen LogP contribution in [0.25, 0.3) is 0 Å². The van der Waals surface area contributed by atoms with Gasteiger partial charge in [-0.1, -0.05) is 6.07 Å². The topological polar surface area (TPSA) is 48.7 Å². The van der Waals surface area contributed by atoms with E-state index in [0.717, 1.165) is 31.6 Å². The van der Waals surface area contributed by atoms with Crippen molar-refractivity contribution in [3.63, 3.8) is 0 Å².